The molecule has 22 heavy (non-hydrogen) atoms. The first-order valence-corrected chi connectivity index (χ1v) is 7.66. The molecule has 0 radical (unpaired) electrons. The van der Waals surface area contributed by atoms with Gasteiger partial charge in [0.25, 0.3) is 0 Å². The first kappa shape index (κ1) is 23.3. The van der Waals surface area contributed by atoms with Crippen molar-refractivity contribution in [2.75, 3.05) is 13.1 Å². The summed E-state index contributed by atoms with van der Waals surface area (Å²) in [6.07, 6.45) is 2.78. The molecule has 1 aromatic heterocycles. The van der Waals surface area contributed by atoms with Gasteiger partial charge in [0.1, 0.15) is 4.90 Å². The zero-order chi connectivity index (χ0) is 15.2. The van der Waals surface area contributed by atoms with Gasteiger partial charge in [-0.3, -0.25) is 9.78 Å². The summed E-state index contributed by atoms with van der Waals surface area (Å²) in [6, 6.07) is 2.97. The molecule has 0 saturated heterocycles. The van der Waals surface area contributed by atoms with Crippen LogP contribution in [0, 0.1) is 0 Å². The lowest BCUT2D eigenvalue weighted by Gasteiger charge is -2.24. The number of nitrogens with zero attached hydrogens (tertiary/aromatic N) is 1. The summed E-state index contributed by atoms with van der Waals surface area (Å²) in [4.78, 5) is 15.4. The number of amides is 1. The highest BCUT2D eigenvalue weighted by molar-refractivity contribution is 7.89. The Bertz CT molecular complexity index is 553. The van der Waals surface area contributed by atoms with Gasteiger partial charge in [0.2, 0.25) is 15.9 Å². The molecule has 10 heteroatoms. The monoisotopic (exact) mass is 372 g/mol. The summed E-state index contributed by atoms with van der Waals surface area (Å²) in [5.41, 5.74) is 4.99. The molecule has 0 saturated carbocycles. The molecular weight excluding hydrogens is 351 g/mol. The summed E-state index contributed by atoms with van der Waals surface area (Å²) in [6.45, 7) is 3.92. The highest BCUT2D eigenvalue weighted by atomic mass is 35.5. The molecule has 0 atom stereocenters. The molecular formula is C12H22Cl2N4O3S. The zero-order valence-electron chi connectivity index (χ0n) is 12.4. The standard InChI is InChI=1S/C12H20N4O3S.2ClH/c1-12(2,9-13)16-11(17)5-7-15-20(18,19)10-4-3-6-14-8-10;;/h3-4,6,8,15H,5,7,9,13H2,1-2H3,(H,16,17);2*1H. The lowest BCUT2D eigenvalue weighted by Crippen LogP contribution is -2.49. The molecule has 0 aliphatic heterocycles. The fourth-order valence-electron chi connectivity index (χ4n) is 1.38. The highest BCUT2D eigenvalue weighted by Crippen LogP contribution is 2.05. The van der Waals surface area contributed by atoms with Gasteiger partial charge >= 0.3 is 0 Å². The van der Waals surface area contributed by atoms with Gasteiger partial charge < -0.3 is 11.1 Å². The third kappa shape index (κ3) is 7.90. The average Bonchev–Trinajstić information content (AvgIpc) is 2.39. The number of hydrogen-bond acceptors (Lipinski definition) is 5. The van der Waals surface area contributed by atoms with Gasteiger partial charge in [0, 0.05) is 37.4 Å². The molecule has 1 heterocycles. The van der Waals surface area contributed by atoms with E-state index < -0.39 is 15.6 Å². The minimum absolute atomic E-state index is 0. The Labute approximate surface area is 143 Å². The number of nitrogens with two attached hydrogens (primary N) is 1. The van der Waals surface area contributed by atoms with Gasteiger partial charge in [0.15, 0.2) is 0 Å². The normalized spacial score (nSPS) is 11.0. The van der Waals surface area contributed by atoms with Gasteiger partial charge in [-0.05, 0) is 26.0 Å². The molecule has 0 bridgehead atoms. The van der Waals surface area contributed by atoms with Crippen molar-refractivity contribution in [2.45, 2.75) is 30.7 Å². The number of sulfonamides is 1. The van der Waals surface area contributed by atoms with Crippen LogP contribution in [0.25, 0.3) is 0 Å². The first-order valence-electron chi connectivity index (χ1n) is 6.18. The zero-order valence-corrected chi connectivity index (χ0v) is 14.9. The van der Waals surface area contributed by atoms with E-state index in [0.29, 0.717) is 6.54 Å². The third-order valence-electron chi connectivity index (χ3n) is 2.58. The van der Waals surface area contributed by atoms with Crippen LogP contribution >= 0.6 is 24.8 Å². The Kier molecular flexibility index (Phi) is 10.6. The molecule has 1 amide bonds. The van der Waals surface area contributed by atoms with Gasteiger partial charge in [-0.2, -0.15) is 0 Å². The Morgan fingerprint density at radius 1 is 1.36 bits per heavy atom. The Balaban J connectivity index is 0. The average molecular weight is 373 g/mol. The Morgan fingerprint density at radius 3 is 2.50 bits per heavy atom. The molecule has 0 spiro atoms. The van der Waals surface area contributed by atoms with E-state index in [1.807, 2.05) is 0 Å². The van der Waals surface area contributed by atoms with Crippen molar-refractivity contribution in [3.8, 4) is 0 Å². The topological polar surface area (TPSA) is 114 Å². The van der Waals surface area contributed by atoms with Crippen LogP contribution in [0.15, 0.2) is 29.4 Å². The smallest absolute Gasteiger partial charge is 0.242 e. The van der Waals surface area contributed by atoms with Crippen LogP contribution in [0.1, 0.15) is 20.3 Å². The third-order valence-corrected chi connectivity index (χ3v) is 4.02. The second-order valence-electron chi connectivity index (χ2n) is 4.97. The second kappa shape index (κ2) is 9.96. The quantitative estimate of drug-likeness (QED) is 0.642. The molecule has 0 aromatic carbocycles. The number of carbonyl (C=O) groups excluding carboxylic acids is 1. The second-order valence-corrected chi connectivity index (χ2v) is 6.74. The van der Waals surface area contributed by atoms with Crippen molar-refractivity contribution in [1.82, 2.24) is 15.0 Å². The van der Waals surface area contributed by atoms with Crippen LogP contribution in [0.5, 0.6) is 0 Å². The van der Waals surface area contributed by atoms with Crippen LogP contribution in [-0.2, 0) is 14.8 Å². The van der Waals surface area contributed by atoms with Crippen molar-refractivity contribution in [3.63, 3.8) is 0 Å². The van der Waals surface area contributed by atoms with E-state index in [1.165, 1.54) is 24.5 Å². The summed E-state index contributed by atoms with van der Waals surface area (Å²) in [7, 11) is -3.62. The maximum absolute atomic E-state index is 11.9. The minimum atomic E-state index is -3.62. The first-order chi connectivity index (χ1) is 9.27. The lowest BCUT2D eigenvalue weighted by molar-refractivity contribution is -0.122. The Hall–Kier alpha value is -0.930. The van der Waals surface area contributed by atoms with E-state index in [2.05, 4.69) is 15.0 Å². The van der Waals surface area contributed by atoms with E-state index in [1.54, 1.807) is 13.8 Å². The molecule has 0 aliphatic carbocycles. The van der Waals surface area contributed by atoms with Crippen LogP contribution in [0.3, 0.4) is 0 Å². The van der Waals surface area contributed by atoms with Gasteiger partial charge in [-0.15, -0.1) is 24.8 Å². The van der Waals surface area contributed by atoms with Gasteiger partial charge in [-0.1, -0.05) is 0 Å². The molecule has 128 valence electrons. The van der Waals surface area contributed by atoms with Crippen molar-refractivity contribution in [3.05, 3.63) is 24.5 Å². The number of aromatic nitrogens is 1. The maximum atomic E-state index is 11.9. The summed E-state index contributed by atoms with van der Waals surface area (Å²) >= 11 is 0. The Morgan fingerprint density at radius 2 is 2.00 bits per heavy atom. The number of rotatable bonds is 7. The summed E-state index contributed by atoms with van der Waals surface area (Å²) in [5.74, 6) is -0.255. The van der Waals surface area contributed by atoms with Crippen LogP contribution in [0.4, 0.5) is 0 Å². The lowest BCUT2D eigenvalue weighted by atomic mass is 10.1. The van der Waals surface area contributed by atoms with Crippen LogP contribution < -0.4 is 15.8 Å². The van der Waals surface area contributed by atoms with Crippen molar-refractivity contribution in [1.29, 1.82) is 0 Å². The largest absolute Gasteiger partial charge is 0.350 e. The van der Waals surface area contributed by atoms with Crippen molar-refractivity contribution >= 4 is 40.7 Å². The van der Waals surface area contributed by atoms with E-state index >= 15 is 0 Å². The van der Waals surface area contributed by atoms with E-state index in [0.717, 1.165) is 0 Å². The van der Waals surface area contributed by atoms with E-state index in [9.17, 15) is 13.2 Å². The van der Waals surface area contributed by atoms with Crippen molar-refractivity contribution in [2.24, 2.45) is 5.73 Å². The predicted octanol–water partition coefficient (Wildman–Crippen LogP) is 0.447. The molecule has 0 fully saturated rings. The van der Waals surface area contributed by atoms with Crippen LogP contribution in [0.2, 0.25) is 0 Å². The number of hydrogen-bond donors (Lipinski definition) is 3. The predicted molar refractivity (Wildman–Crippen MR) is 89.8 cm³/mol. The van der Waals surface area contributed by atoms with Gasteiger partial charge in [0.05, 0.1) is 0 Å². The fraction of sp³-hybridized carbons (Fsp3) is 0.500. The number of pyridine rings is 1. The number of nitrogens with one attached hydrogen (secondary N) is 2. The molecule has 1 aromatic rings. The molecule has 4 N–H and O–H groups in total. The van der Waals surface area contributed by atoms with Crippen molar-refractivity contribution < 1.29 is 13.2 Å². The minimum Gasteiger partial charge on any atom is -0.350 e. The van der Waals surface area contributed by atoms with E-state index in [-0.39, 0.29) is 48.6 Å². The molecule has 0 aliphatic rings. The summed E-state index contributed by atoms with van der Waals surface area (Å²) in [5, 5.41) is 2.72. The number of carbonyl (C=O) groups is 1. The maximum Gasteiger partial charge on any atom is 0.242 e. The highest BCUT2D eigenvalue weighted by Gasteiger charge is 2.19. The SMILES string of the molecule is CC(C)(CN)NC(=O)CCNS(=O)(=O)c1cccnc1.Cl.Cl. The fourth-order valence-corrected chi connectivity index (χ4v) is 2.37. The van der Waals surface area contributed by atoms with Crippen LogP contribution in [-0.4, -0.2) is 37.9 Å². The molecule has 7 nitrogen and oxygen atoms in total. The molecule has 1 rings (SSSR count). The van der Waals surface area contributed by atoms with Gasteiger partial charge in [-0.25, -0.2) is 13.1 Å². The summed E-state index contributed by atoms with van der Waals surface area (Å²) < 4.78 is 26.1. The van der Waals surface area contributed by atoms with E-state index in [4.69, 9.17) is 5.73 Å². The molecule has 0 unspecified atom stereocenters. The number of halogens is 2.